The smallest absolute Gasteiger partial charge is 0.220 e. The third-order valence-corrected chi connectivity index (χ3v) is 2.10. The molecule has 0 aliphatic rings. The lowest BCUT2D eigenvalue weighted by atomic mass is 10.1. The van der Waals surface area contributed by atoms with E-state index in [-0.39, 0.29) is 5.91 Å². The quantitative estimate of drug-likeness (QED) is 0.507. The summed E-state index contributed by atoms with van der Waals surface area (Å²) in [6, 6.07) is 0. The monoisotopic (exact) mass is 209 g/mol. The molecule has 0 heterocycles. The molecule has 0 bridgehead atoms. The van der Waals surface area contributed by atoms with E-state index in [1.54, 1.807) is 0 Å². The summed E-state index contributed by atoms with van der Waals surface area (Å²) in [5, 5.41) is 2.91. The van der Waals surface area contributed by atoms with Crippen molar-refractivity contribution in [2.75, 3.05) is 6.54 Å². The van der Waals surface area contributed by atoms with Crippen LogP contribution in [0.4, 0.5) is 0 Å². The lowest BCUT2D eigenvalue weighted by Gasteiger charge is -2.06. The van der Waals surface area contributed by atoms with Gasteiger partial charge in [-0.2, -0.15) is 0 Å². The van der Waals surface area contributed by atoms with Crippen LogP contribution in [0.1, 0.15) is 40.0 Å². The molecular formula is C13H23NO. The summed E-state index contributed by atoms with van der Waals surface area (Å²) in [6.07, 6.45) is 10.8. The van der Waals surface area contributed by atoms with Gasteiger partial charge in [-0.15, -0.1) is 0 Å². The van der Waals surface area contributed by atoms with Crippen LogP contribution in [0.5, 0.6) is 0 Å². The van der Waals surface area contributed by atoms with Crippen LogP contribution in [-0.4, -0.2) is 12.5 Å². The van der Waals surface area contributed by atoms with Crippen LogP contribution < -0.4 is 5.32 Å². The van der Waals surface area contributed by atoms with Crippen molar-refractivity contribution in [2.45, 2.75) is 40.0 Å². The average molecular weight is 209 g/mol. The van der Waals surface area contributed by atoms with Gasteiger partial charge in [0.1, 0.15) is 0 Å². The van der Waals surface area contributed by atoms with Gasteiger partial charge in [0, 0.05) is 13.0 Å². The zero-order valence-electron chi connectivity index (χ0n) is 10.1. The SMILES string of the molecule is C/C=C\C=C/C(C)CC(=O)NCCCC. The fourth-order valence-corrected chi connectivity index (χ4v) is 1.20. The average Bonchev–Trinajstić information content (AvgIpc) is 2.18. The highest BCUT2D eigenvalue weighted by Crippen LogP contribution is 2.03. The molecule has 1 amide bonds. The van der Waals surface area contributed by atoms with Crippen LogP contribution in [0.3, 0.4) is 0 Å². The van der Waals surface area contributed by atoms with E-state index in [1.165, 1.54) is 0 Å². The number of unbranched alkanes of at least 4 members (excludes halogenated alkanes) is 1. The zero-order valence-corrected chi connectivity index (χ0v) is 10.1. The highest BCUT2D eigenvalue weighted by atomic mass is 16.1. The summed E-state index contributed by atoms with van der Waals surface area (Å²) in [5.74, 6) is 0.462. The number of allylic oxidation sites excluding steroid dienone is 4. The molecule has 0 rings (SSSR count). The molecule has 0 spiro atoms. The fraction of sp³-hybridized carbons (Fsp3) is 0.615. The van der Waals surface area contributed by atoms with E-state index in [0.29, 0.717) is 12.3 Å². The summed E-state index contributed by atoms with van der Waals surface area (Å²) in [5.41, 5.74) is 0. The van der Waals surface area contributed by atoms with Crippen molar-refractivity contribution in [1.82, 2.24) is 5.32 Å². The molecule has 0 aromatic rings. The summed E-state index contributed by atoms with van der Waals surface area (Å²) in [4.78, 5) is 11.4. The minimum Gasteiger partial charge on any atom is -0.356 e. The normalized spacial score (nSPS) is 13.5. The topological polar surface area (TPSA) is 29.1 Å². The third-order valence-electron chi connectivity index (χ3n) is 2.10. The second kappa shape index (κ2) is 9.50. The Kier molecular flexibility index (Phi) is 8.84. The van der Waals surface area contributed by atoms with Gasteiger partial charge in [0.15, 0.2) is 0 Å². The number of hydrogen-bond donors (Lipinski definition) is 1. The van der Waals surface area contributed by atoms with Crippen LogP contribution in [0.25, 0.3) is 0 Å². The molecule has 15 heavy (non-hydrogen) atoms. The Morgan fingerprint density at radius 2 is 2.13 bits per heavy atom. The van der Waals surface area contributed by atoms with Gasteiger partial charge in [0.25, 0.3) is 0 Å². The van der Waals surface area contributed by atoms with Gasteiger partial charge in [-0.1, -0.05) is 44.6 Å². The van der Waals surface area contributed by atoms with Gasteiger partial charge in [0.05, 0.1) is 0 Å². The van der Waals surface area contributed by atoms with E-state index in [2.05, 4.69) is 25.2 Å². The Morgan fingerprint density at radius 3 is 2.73 bits per heavy atom. The van der Waals surface area contributed by atoms with Crippen molar-refractivity contribution in [2.24, 2.45) is 5.92 Å². The summed E-state index contributed by atoms with van der Waals surface area (Å²) < 4.78 is 0. The summed E-state index contributed by atoms with van der Waals surface area (Å²) >= 11 is 0. The minimum absolute atomic E-state index is 0.154. The molecule has 0 saturated heterocycles. The predicted octanol–water partition coefficient (Wildman–Crippen LogP) is 3.06. The molecule has 0 radical (unpaired) electrons. The second-order valence-electron chi connectivity index (χ2n) is 3.80. The third kappa shape index (κ3) is 9.26. The van der Waals surface area contributed by atoms with Gasteiger partial charge in [-0.3, -0.25) is 4.79 Å². The molecule has 0 saturated carbocycles. The molecule has 1 unspecified atom stereocenters. The van der Waals surface area contributed by atoms with Gasteiger partial charge in [-0.05, 0) is 19.3 Å². The maximum atomic E-state index is 11.4. The standard InChI is InChI=1S/C13H23NO/c1-4-6-8-9-12(3)11-13(15)14-10-7-5-2/h4,6,8-9,12H,5,7,10-11H2,1-3H3,(H,14,15)/b6-4-,9-8-. The van der Waals surface area contributed by atoms with Gasteiger partial charge in [0.2, 0.25) is 5.91 Å². The van der Waals surface area contributed by atoms with Crippen LogP contribution in [0, 0.1) is 5.92 Å². The first kappa shape index (κ1) is 13.9. The molecule has 0 aromatic carbocycles. The lowest BCUT2D eigenvalue weighted by Crippen LogP contribution is -2.25. The van der Waals surface area contributed by atoms with E-state index >= 15 is 0 Å². The van der Waals surface area contributed by atoms with Crippen LogP contribution in [-0.2, 0) is 4.79 Å². The Labute approximate surface area is 93.5 Å². The Bertz CT molecular complexity index is 219. The summed E-state index contributed by atoms with van der Waals surface area (Å²) in [6.45, 7) is 6.96. The van der Waals surface area contributed by atoms with E-state index in [9.17, 15) is 4.79 Å². The number of hydrogen-bond acceptors (Lipinski definition) is 1. The van der Waals surface area contributed by atoms with Gasteiger partial charge < -0.3 is 5.32 Å². The van der Waals surface area contributed by atoms with Gasteiger partial charge in [-0.25, -0.2) is 0 Å². The molecule has 2 heteroatoms. The fourth-order valence-electron chi connectivity index (χ4n) is 1.20. The first-order chi connectivity index (χ1) is 7.20. The van der Waals surface area contributed by atoms with Crippen molar-refractivity contribution in [3.8, 4) is 0 Å². The maximum Gasteiger partial charge on any atom is 0.220 e. The Balaban J connectivity index is 3.66. The molecule has 0 aliphatic carbocycles. The highest BCUT2D eigenvalue weighted by Gasteiger charge is 2.04. The maximum absolute atomic E-state index is 11.4. The van der Waals surface area contributed by atoms with Crippen molar-refractivity contribution in [3.63, 3.8) is 0 Å². The van der Waals surface area contributed by atoms with E-state index in [4.69, 9.17) is 0 Å². The number of nitrogens with one attached hydrogen (secondary N) is 1. The van der Waals surface area contributed by atoms with Crippen molar-refractivity contribution >= 4 is 5.91 Å². The first-order valence-corrected chi connectivity index (χ1v) is 5.76. The number of carbonyl (C=O) groups excluding carboxylic acids is 1. The number of amides is 1. The van der Waals surface area contributed by atoms with Gasteiger partial charge >= 0.3 is 0 Å². The Morgan fingerprint density at radius 1 is 1.40 bits per heavy atom. The van der Waals surface area contributed by atoms with Crippen molar-refractivity contribution < 1.29 is 4.79 Å². The van der Waals surface area contributed by atoms with E-state index < -0.39 is 0 Å². The number of rotatable bonds is 7. The molecule has 86 valence electrons. The zero-order chi connectivity index (χ0) is 11.5. The summed E-state index contributed by atoms with van der Waals surface area (Å²) in [7, 11) is 0. The van der Waals surface area contributed by atoms with Crippen LogP contribution in [0.2, 0.25) is 0 Å². The molecule has 2 nitrogen and oxygen atoms in total. The van der Waals surface area contributed by atoms with Crippen molar-refractivity contribution in [3.05, 3.63) is 24.3 Å². The van der Waals surface area contributed by atoms with E-state index in [1.807, 2.05) is 25.2 Å². The Hall–Kier alpha value is -1.05. The predicted molar refractivity (Wildman–Crippen MR) is 65.7 cm³/mol. The van der Waals surface area contributed by atoms with Crippen molar-refractivity contribution in [1.29, 1.82) is 0 Å². The molecule has 0 aromatic heterocycles. The molecule has 0 aliphatic heterocycles. The molecule has 1 atom stereocenters. The largest absolute Gasteiger partial charge is 0.356 e. The second-order valence-corrected chi connectivity index (χ2v) is 3.80. The molecule has 1 N–H and O–H groups in total. The van der Waals surface area contributed by atoms with Crippen LogP contribution >= 0.6 is 0 Å². The highest BCUT2D eigenvalue weighted by molar-refractivity contribution is 5.76. The first-order valence-electron chi connectivity index (χ1n) is 5.76. The minimum atomic E-state index is 0.154. The van der Waals surface area contributed by atoms with Crippen LogP contribution in [0.15, 0.2) is 24.3 Å². The van der Waals surface area contributed by atoms with E-state index in [0.717, 1.165) is 19.4 Å². The lowest BCUT2D eigenvalue weighted by molar-refractivity contribution is -0.121. The number of carbonyl (C=O) groups is 1. The molecular weight excluding hydrogens is 186 g/mol. The molecule has 0 fully saturated rings.